The van der Waals surface area contributed by atoms with Crippen molar-refractivity contribution < 1.29 is 4.79 Å². The second-order valence-electron chi connectivity index (χ2n) is 3.76. The fourth-order valence-electron chi connectivity index (χ4n) is 1.24. The predicted molar refractivity (Wildman–Crippen MR) is 54.7 cm³/mol. The van der Waals surface area contributed by atoms with E-state index in [0.717, 1.165) is 0 Å². The van der Waals surface area contributed by atoms with Gasteiger partial charge in [0.05, 0.1) is 6.04 Å². The number of nitrogen functional groups attached to an aromatic ring is 1. The Balaban J connectivity index is 2.65. The third kappa shape index (κ3) is 2.56. The molecule has 0 saturated carbocycles. The van der Waals surface area contributed by atoms with Crippen LogP contribution in [0.1, 0.15) is 25.1 Å². The van der Waals surface area contributed by atoms with E-state index in [0.29, 0.717) is 18.2 Å². The molecule has 1 rings (SSSR count). The van der Waals surface area contributed by atoms with Crippen LogP contribution in [-0.2, 0) is 0 Å². The van der Waals surface area contributed by atoms with Crippen molar-refractivity contribution in [1.82, 2.24) is 9.78 Å². The number of nitrogens with zero attached hydrogens (tertiary/aromatic N) is 2. The van der Waals surface area contributed by atoms with E-state index >= 15 is 0 Å². The lowest BCUT2D eigenvalue weighted by Crippen LogP contribution is -2.36. The zero-order chi connectivity index (χ0) is 10.7. The maximum atomic E-state index is 11.6. The van der Waals surface area contributed by atoms with E-state index in [1.165, 1.54) is 10.9 Å². The van der Waals surface area contributed by atoms with E-state index in [4.69, 9.17) is 11.5 Å². The molecule has 0 amide bonds. The maximum absolute atomic E-state index is 11.6. The first kappa shape index (κ1) is 10.7. The highest BCUT2D eigenvalue weighted by Crippen LogP contribution is 2.05. The van der Waals surface area contributed by atoms with E-state index < -0.39 is 6.04 Å². The molecule has 0 spiro atoms. The topological polar surface area (TPSA) is 86.9 Å². The molecule has 78 valence electrons. The standard InChI is InChI=1S/C9H16N4O/c1-6(2)5-7(10)9(14)13-4-3-8(11)12-13/h3-4,6-7H,5,10H2,1-2H3,(H2,11,12)/t7-/m1/s1. The lowest BCUT2D eigenvalue weighted by molar-refractivity contribution is 0.0852. The predicted octanol–water partition coefficient (Wildman–Crippen LogP) is 0.479. The average molecular weight is 196 g/mol. The van der Waals surface area contributed by atoms with Gasteiger partial charge in [-0.25, -0.2) is 4.68 Å². The minimum Gasteiger partial charge on any atom is -0.382 e. The second-order valence-corrected chi connectivity index (χ2v) is 3.76. The van der Waals surface area contributed by atoms with Crippen LogP contribution in [0.5, 0.6) is 0 Å². The molecule has 1 aromatic heterocycles. The van der Waals surface area contributed by atoms with Crippen molar-refractivity contribution in [1.29, 1.82) is 0 Å². The van der Waals surface area contributed by atoms with Crippen LogP contribution < -0.4 is 11.5 Å². The molecule has 0 aromatic carbocycles. The number of hydrogen-bond acceptors (Lipinski definition) is 4. The minimum absolute atomic E-state index is 0.213. The van der Waals surface area contributed by atoms with Crippen molar-refractivity contribution in [2.45, 2.75) is 26.3 Å². The molecule has 5 heteroatoms. The molecular formula is C9H16N4O. The zero-order valence-electron chi connectivity index (χ0n) is 8.47. The van der Waals surface area contributed by atoms with Gasteiger partial charge in [0, 0.05) is 12.3 Å². The van der Waals surface area contributed by atoms with E-state index in [2.05, 4.69) is 5.10 Å². The smallest absolute Gasteiger partial charge is 0.263 e. The lowest BCUT2D eigenvalue weighted by atomic mass is 10.0. The Bertz CT molecular complexity index is 318. The molecule has 0 fully saturated rings. The number of carbonyl (C=O) groups is 1. The monoisotopic (exact) mass is 196 g/mol. The van der Waals surface area contributed by atoms with Gasteiger partial charge in [-0.15, -0.1) is 5.10 Å². The van der Waals surface area contributed by atoms with Gasteiger partial charge in [0.25, 0.3) is 5.91 Å². The van der Waals surface area contributed by atoms with Gasteiger partial charge in [0.15, 0.2) is 0 Å². The summed E-state index contributed by atoms with van der Waals surface area (Å²) in [6.07, 6.45) is 2.18. The minimum atomic E-state index is -0.505. The van der Waals surface area contributed by atoms with Crippen molar-refractivity contribution >= 4 is 11.7 Å². The van der Waals surface area contributed by atoms with Gasteiger partial charge in [-0.1, -0.05) is 13.8 Å². The fourth-order valence-corrected chi connectivity index (χ4v) is 1.24. The van der Waals surface area contributed by atoms with Gasteiger partial charge in [0.2, 0.25) is 0 Å². The highest BCUT2D eigenvalue weighted by Gasteiger charge is 2.17. The maximum Gasteiger partial charge on any atom is 0.263 e. The molecule has 4 N–H and O–H groups in total. The van der Waals surface area contributed by atoms with Gasteiger partial charge < -0.3 is 11.5 Å². The number of nitrogens with two attached hydrogens (primary N) is 2. The highest BCUT2D eigenvalue weighted by atomic mass is 16.2. The normalized spacial score (nSPS) is 13.1. The van der Waals surface area contributed by atoms with Gasteiger partial charge in [-0.05, 0) is 12.3 Å². The fraction of sp³-hybridized carbons (Fsp3) is 0.556. The van der Waals surface area contributed by atoms with Crippen LogP contribution in [0.25, 0.3) is 0 Å². The van der Waals surface area contributed by atoms with Crippen LogP contribution in [0.15, 0.2) is 12.3 Å². The summed E-state index contributed by atoms with van der Waals surface area (Å²) in [4.78, 5) is 11.6. The van der Waals surface area contributed by atoms with E-state index in [9.17, 15) is 4.79 Å². The van der Waals surface area contributed by atoms with Crippen LogP contribution >= 0.6 is 0 Å². The number of carbonyl (C=O) groups excluding carboxylic acids is 1. The molecule has 0 saturated heterocycles. The summed E-state index contributed by atoms with van der Waals surface area (Å²) in [7, 11) is 0. The summed E-state index contributed by atoms with van der Waals surface area (Å²) in [5, 5.41) is 3.80. The summed E-state index contributed by atoms with van der Waals surface area (Å²) >= 11 is 0. The van der Waals surface area contributed by atoms with Gasteiger partial charge in [-0.3, -0.25) is 4.79 Å². The van der Waals surface area contributed by atoms with Crippen molar-refractivity contribution in [2.24, 2.45) is 11.7 Å². The Morgan fingerprint density at radius 1 is 1.64 bits per heavy atom. The average Bonchev–Trinajstić information content (AvgIpc) is 2.49. The molecular weight excluding hydrogens is 180 g/mol. The number of aromatic nitrogens is 2. The molecule has 1 aromatic rings. The van der Waals surface area contributed by atoms with Crippen LogP contribution in [-0.4, -0.2) is 21.7 Å². The Kier molecular flexibility index (Phi) is 3.24. The Labute approximate surface area is 83.1 Å². The molecule has 0 bridgehead atoms. The zero-order valence-corrected chi connectivity index (χ0v) is 8.47. The molecule has 0 radical (unpaired) electrons. The van der Waals surface area contributed by atoms with Crippen molar-refractivity contribution in [3.63, 3.8) is 0 Å². The first-order valence-electron chi connectivity index (χ1n) is 4.61. The summed E-state index contributed by atoms with van der Waals surface area (Å²) in [5.74, 6) is 0.507. The Morgan fingerprint density at radius 3 is 2.71 bits per heavy atom. The summed E-state index contributed by atoms with van der Waals surface area (Å²) in [6, 6.07) is 1.06. The third-order valence-corrected chi connectivity index (χ3v) is 1.88. The van der Waals surface area contributed by atoms with Crippen LogP contribution in [0, 0.1) is 5.92 Å². The largest absolute Gasteiger partial charge is 0.382 e. The second kappa shape index (κ2) is 4.23. The van der Waals surface area contributed by atoms with E-state index in [-0.39, 0.29) is 5.91 Å². The molecule has 0 aliphatic heterocycles. The van der Waals surface area contributed by atoms with Crippen LogP contribution in [0.4, 0.5) is 5.82 Å². The van der Waals surface area contributed by atoms with Crippen LogP contribution in [0.2, 0.25) is 0 Å². The molecule has 14 heavy (non-hydrogen) atoms. The molecule has 1 heterocycles. The number of hydrogen-bond donors (Lipinski definition) is 2. The summed E-state index contributed by atoms with van der Waals surface area (Å²) in [5.41, 5.74) is 11.1. The molecule has 0 unspecified atom stereocenters. The van der Waals surface area contributed by atoms with Gasteiger partial charge in [0.1, 0.15) is 5.82 Å². The van der Waals surface area contributed by atoms with E-state index in [1.807, 2.05) is 13.8 Å². The Hall–Kier alpha value is -1.36. The van der Waals surface area contributed by atoms with E-state index in [1.54, 1.807) is 6.07 Å². The van der Waals surface area contributed by atoms with Crippen LogP contribution in [0.3, 0.4) is 0 Å². The summed E-state index contributed by atoms with van der Waals surface area (Å²) in [6.45, 7) is 4.04. The quantitative estimate of drug-likeness (QED) is 0.736. The lowest BCUT2D eigenvalue weighted by Gasteiger charge is -2.11. The first-order chi connectivity index (χ1) is 6.50. The molecule has 1 atom stereocenters. The third-order valence-electron chi connectivity index (χ3n) is 1.88. The van der Waals surface area contributed by atoms with Crippen molar-refractivity contribution in [3.8, 4) is 0 Å². The SMILES string of the molecule is CC(C)C[C@@H](N)C(=O)n1ccc(N)n1. The van der Waals surface area contributed by atoms with Crippen molar-refractivity contribution in [2.75, 3.05) is 5.73 Å². The van der Waals surface area contributed by atoms with Crippen molar-refractivity contribution in [3.05, 3.63) is 12.3 Å². The summed E-state index contributed by atoms with van der Waals surface area (Å²) < 4.78 is 1.20. The first-order valence-corrected chi connectivity index (χ1v) is 4.61. The number of rotatable bonds is 3. The Morgan fingerprint density at radius 2 is 2.29 bits per heavy atom. The van der Waals surface area contributed by atoms with Gasteiger partial charge >= 0.3 is 0 Å². The number of anilines is 1. The molecule has 0 aliphatic rings. The highest BCUT2D eigenvalue weighted by molar-refractivity contribution is 5.83. The molecule has 5 nitrogen and oxygen atoms in total. The molecule has 0 aliphatic carbocycles. The van der Waals surface area contributed by atoms with Gasteiger partial charge in [-0.2, -0.15) is 0 Å².